The van der Waals surface area contributed by atoms with Crippen molar-refractivity contribution in [2.24, 2.45) is 0 Å². The second kappa shape index (κ2) is 8.86. The molecular formula is C14H18ClF2NO. The van der Waals surface area contributed by atoms with Crippen molar-refractivity contribution in [2.75, 3.05) is 19.0 Å². The fraction of sp³-hybridized carbons (Fsp3) is 0.500. The first-order chi connectivity index (χ1) is 9.13. The highest BCUT2D eigenvalue weighted by Gasteiger charge is 2.17. The molecule has 0 N–H and O–H groups in total. The molecule has 1 amide bonds. The number of hydrogen-bond acceptors (Lipinski definition) is 1. The number of amides is 1. The molecule has 1 rings (SSSR count). The van der Waals surface area contributed by atoms with Gasteiger partial charge in [0.15, 0.2) is 0 Å². The second-order valence-electron chi connectivity index (χ2n) is 4.26. The van der Waals surface area contributed by atoms with E-state index in [9.17, 15) is 13.6 Å². The zero-order chi connectivity index (χ0) is 14.1. The van der Waals surface area contributed by atoms with Crippen molar-refractivity contribution in [3.8, 4) is 0 Å². The lowest BCUT2D eigenvalue weighted by atomic mass is 10.1. The van der Waals surface area contributed by atoms with E-state index in [1.807, 2.05) is 30.3 Å². The van der Waals surface area contributed by atoms with Crippen LogP contribution in [0.5, 0.6) is 0 Å². The van der Waals surface area contributed by atoms with Crippen LogP contribution in [0.25, 0.3) is 0 Å². The molecule has 0 heterocycles. The fourth-order valence-corrected chi connectivity index (χ4v) is 2.04. The maximum Gasteiger partial charge on any atom is 0.255 e. The first kappa shape index (κ1) is 15.9. The van der Waals surface area contributed by atoms with Crippen LogP contribution in [0.1, 0.15) is 18.4 Å². The highest BCUT2D eigenvalue weighted by Crippen LogP contribution is 2.08. The van der Waals surface area contributed by atoms with Crippen LogP contribution in [0.3, 0.4) is 0 Å². The summed E-state index contributed by atoms with van der Waals surface area (Å²) in [6.07, 6.45) is -0.805. The number of nitrogens with zero attached hydrogens (tertiary/aromatic N) is 1. The smallest absolute Gasteiger partial charge is 0.255 e. The lowest BCUT2D eigenvalue weighted by molar-refractivity contribution is -0.132. The molecule has 0 saturated heterocycles. The van der Waals surface area contributed by atoms with Crippen LogP contribution in [0, 0.1) is 0 Å². The maximum atomic E-state index is 12.3. The van der Waals surface area contributed by atoms with Gasteiger partial charge in [0, 0.05) is 18.8 Å². The molecule has 0 unspecified atom stereocenters. The van der Waals surface area contributed by atoms with Crippen molar-refractivity contribution in [1.29, 1.82) is 0 Å². The zero-order valence-corrected chi connectivity index (χ0v) is 11.5. The maximum absolute atomic E-state index is 12.3. The van der Waals surface area contributed by atoms with Crippen LogP contribution in [-0.4, -0.2) is 36.2 Å². The summed E-state index contributed by atoms with van der Waals surface area (Å²) in [5.74, 6) is -0.0752. The van der Waals surface area contributed by atoms with Crippen molar-refractivity contribution in [3.05, 3.63) is 35.9 Å². The lowest BCUT2D eigenvalue weighted by Crippen LogP contribution is -2.36. The van der Waals surface area contributed by atoms with Crippen molar-refractivity contribution < 1.29 is 13.6 Å². The van der Waals surface area contributed by atoms with Gasteiger partial charge in [-0.2, -0.15) is 0 Å². The third kappa shape index (κ3) is 6.53. The van der Waals surface area contributed by atoms with E-state index in [0.29, 0.717) is 6.42 Å². The normalized spacial score (nSPS) is 10.7. The molecule has 106 valence electrons. The summed E-state index contributed by atoms with van der Waals surface area (Å²) in [4.78, 5) is 12.9. The van der Waals surface area contributed by atoms with Gasteiger partial charge in [0.25, 0.3) is 6.43 Å². The van der Waals surface area contributed by atoms with Gasteiger partial charge >= 0.3 is 0 Å². The Labute approximate surface area is 117 Å². The molecular weight excluding hydrogens is 272 g/mol. The van der Waals surface area contributed by atoms with Crippen LogP contribution in [0.4, 0.5) is 8.78 Å². The Balaban J connectivity index is 2.35. The van der Waals surface area contributed by atoms with Gasteiger partial charge in [0.05, 0.1) is 6.54 Å². The number of benzene rings is 1. The van der Waals surface area contributed by atoms with E-state index in [0.717, 1.165) is 16.9 Å². The molecule has 1 aromatic carbocycles. The fourth-order valence-electron chi connectivity index (χ4n) is 1.83. The Hall–Kier alpha value is -1.16. The number of carbonyl (C=O) groups is 1. The summed E-state index contributed by atoms with van der Waals surface area (Å²) in [5.41, 5.74) is 1.15. The van der Waals surface area contributed by atoms with Crippen molar-refractivity contribution in [1.82, 2.24) is 4.90 Å². The average molecular weight is 290 g/mol. The first-order valence-electron chi connectivity index (χ1n) is 6.29. The largest absolute Gasteiger partial charge is 0.336 e. The third-order valence-corrected chi connectivity index (χ3v) is 2.93. The molecule has 19 heavy (non-hydrogen) atoms. The Morgan fingerprint density at radius 2 is 1.95 bits per heavy atom. The molecule has 0 bridgehead atoms. The van der Waals surface area contributed by atoms with Gasteiger partial charge < -0.3 is 4.90 Å². The molecule has 0 aliphatic carbocycles. The Kier molecular flexibility index (Phi) is 7.41. The van der Waals surface area contributed by atoms with E-state index in [1.54, 1.807) is 0 Å². The molecule has 0 fully saturated rings. The van der Waals surface area contributed by atoms with E-state index >= 15 is 0 Å². The van der Waals surface area contributed by atoms with Gasteiger partial charge in [-0.15, -0.1) is 11.6 Å². The van der Waals surface area contributed by atoms with Gasteiger partial charge in [-0.05, 0) is 18.4 Å². The summed E-state index contributed by atoms with van der Waals surface area (Å²) in [6.45, 7) is -0.354. The van der Waals surface area contributed by atoms with E-state index < -0.39 is 13.0 Å². The number of rotatable bonds is 8. The summed E-state index contributed by atoms with van der Waals surface area (Å²) < 4.78 is 24.6. The average Bonchev–Trinajstić information content (AvgIpc) is 2.39. The van der Waals surface area contributed by atoms with Gasteiger partial charge in [0.2, 0.25) is 5.91 Å². The van der Waals surface area contributed by atoms with Gasteiger partial charge in [-0.3, -0.25) is 4.79 Å². The predicted octanol–water partition coefficient (Wildman–Crippen LogP) is 3.34. The number of alkyl halides is 3. The molecule has 0 spiro atoms. The molecule has 0 saturated carbocycles. The van der Waals surface area contributed by atoms with Crippen molar-refractivity contribution in [2.45, 2.75) is 25.7 Å². The van der Waals surface area contributed by atoms with Crippen LogP contribution >= 0.6 is 11.6 Å². The monoisotopic (exact) mass is 289 g/mol. The molecule has 0 radical (unpaired) electrons. The molecule has 1 aromatic rings. The number of hydrogen-bond donors (Lipinski definition) is 0. The summed E-state index contributed by atoms with van der Waals surface area (Å²) in [6, 6.07) is 9.78. The van der Waals surface area contributed by atoms with E-state index in [1.165, 1.54) is 0 Å². The molecule has 5 heteroatoms. The summed E-state index contributed by atoms with van der Waals surface area (Å²) >= 11 is 5.51. The second-order valence-corrected chi connectivity index (χ2v) is 4.64. The Morgan fingerprint density at radius 1 is 1.26 bits per heavy atom. The SMILES string of the molecule is O=C(CCCc1ccccc1)N(CCCl)CC(F)F. The standard InChI is InChI=1S/C14H18ClF2NO/c15-9-10-18(11-13(16)17)14(19)8-4-7-12-5-2-1-3-6-12/h1-3,5-6,13H,4,7-11H2. The van der Waals surface area contributed by atoms with Gasteiger partial charge in [0.1, 0.15) is 0 Å². The van der Waals surface area contributed by atoms with Crippen LogP contribution < -0.4 is 0 Å². The van der Waals surface area contributed by atoms with E-state index in [2.05, 4.69) is 0 Å². The van der Waals surface area contributed by atoms with Gasteiger partial charge in [-0.25, -0.2) is 8.78 Å². The summed E-state index contributed by atoms with van der Waals surface area (Å²) in [7, 11) is 0. The van der Waals surface area contributed by atoms with E-state index in [4.69, 9.17) is 11.6 Å². The molecule has 0 aliphatic heterocycles. The number of carbonyl (C=O) groups excluding carboxylic acids is 1. The van der Waals surface area contributed by atoms with Crippen molar-refractivity contribution in [3.63, 3.8) is 0 Å². The highest BCUT2D eigenvalue weighted by molar-refractivity contribution is 6.18. The lowest BCUT2D eigenvalue weighted by Gasteiger charge is -2.21. The highest BCUT2D eigenvalue weighted by atomic mass is 35.5. The number of halogens is 3. The van der Waals surface area contributed by atoms with Crippen molar-refractivity contribution >= 4 is 17.5 Å². The molecule has 0 aliphatic rings. The van der Waals surface area contributed by atoms with Crippen LogP contribution in [0.15, 0.2) is 30.3 Å². The van der Waals surface area contributed by atoms with Crippen LogP contribution in [0.2, 0.25) is 0 Å². The first-order valence-corrected chi connectivity index (χ1v) is 6.82. The minimum absolute atomic E-state index is 0.177. The third-order valence-electron chi connectivity index (χ3n) is 2.76. The minimum atomic E-state index is -2.51. The topological polar surface area (TPSA) is 20.3 Å². The predicted molar refractivity (Wildman–Crippen MR) is 72.7 cm³/mol. The number of aryl methyl sites for hydroxylation is 1. The quantitative estimate of drug-likeness (QED) is 0.672. The summed E-state index contributed by atoms with van der Waals surface area (Å²) in [5, 5.41) is 0. The minimum Gasteiger partial charge on any atom is -0.336 e. The molecule has 0 atom stereocenters. The zero-order valence-electron chi connectivity index (χ0n) is 10.7. The Morgan fingerprint density at radius 3 is 2.53 bits per heavy atom. The molecule has 2 nitrogen and oxygen atoms in total. The van der Waals surface area contributed by atoms with E-state index in [-0.39, 0.29) is 24.8 Å². The Bertz CT molecular complexity index is 373. The molecule has 0 aromatic heterocycles. The van der Waals surface area contributed by atoms with Gasteiger partial charge in [-0.1, -0.05) is 30.3 Å². The van der Waals surface area contributed by atoms with Crippen LogP contribution in [-0.2, 0) is 11.2 Å².